The van der Waals surface area contributed by atoms with E-state index >= 15 is 0 Å². The van der Waals surface area contributed by atoms with Crippen LogP contribution in [0.5, 0.6) is 0 Å². The molecule has 72 valence electrons. The standard InChI is InChI=1S/C9H9F2N.ClH/c10-6-1-5-2-7(12)4-8(5)9(11)3-6;/h1,3,7H,2,4,12H2;1H. The molecule has 0 spiro atoms. The van der Waals surface area contributed by atoms with E-state index in [9.17, 15) is 8.78 Å². The van der Waals surface area contributed by atoms with Gasteiger partial charge in [-0.25, -0.2) is 8.78 Å². The van der Waals surface area contributed by atoms with Crippen molar-refractivity contribution in [1.82, 2.24) is 0 Å². The van der Waals surface area contributed by atoms with Crippen LogP contribution >= 0.6 is 12.4 Å². The van der Waals surface area contributed by atoms with Gasteiger partial charge in [0.25, 0.3) is 0 Å². The van der Waals surface area contributed by atoms with Crippen molar-refractivity contribution >= 4 is 12.4 Å². The quantitative estimate of drug-likeness (QED) is 0.687. The average Bonchev–Trinajstić information content (AvgIpc) is 2.29. The number of fused-ring (bicyclic) bond motifs is 1. The van der Waals surface area contributed by atoms with Crippen LogP contribution in [0.25, 0.3) is 0 Å². The molecule has 1 atom stereocenters. The lowest BCUT2D eigenvalue weighted by atomic mass is 10.1. The minimum absolute atomic E-state index is 0. The van der Waals surface area contributed by atoms with Crippen LogP contribution in [0.2, 0.25) is 0 Å². The smallest absolute Gasteiger partial charge is 0.129 e. The average molecular weight is 206 g/mol. The number of benzene rings is 1. The summed E-state index contributed by atoms with van der Waals surface area (Å²) in [5.74, 6) is -0.974. The van der Waals surface area contributed by atoms with Gasteiger partial charge in [0.1, 0.15) is 11.6 Å². The molecule has 0 heterocycles. The molecule has 0 saturated heterocycles. The van der Waals surface area contributed by atoms with Gasteiger partial charge >= 0.3 is 0 Å². The number of nitrogens with two attached hydrogens (primary N) is 1. The monoisotopic (exact) mass is 205 g/mol. The molecule has 0 radical (unpaired) electrons. The van der Waals surface area contributed by atoms with E-state index in [1.54, 1.807) is 0 Å². The van der Waals surface area contributed by atoms with Crippen LogP contribution in [0.4, 0.5) is 8.78 Å². The molecule has 13 heavy (non-hydrogen) atoms. The zero-order valence-electron chi connectivity index (χ0n) is 6.89. The van der Waals surface area contributed by atoms with Crippen molar-refractivity contribution in [2.45, 2.75) is 18.9 Å². The first kappa shape index (κ1) is 10.4. The van der Waals surface area contributed by atoms with Gasteiger partial charge in [0.2, 0.25) is 0 Å². The number of hydrogen-bond acceptors (Lipinski definition) is 1. The first-order valence-corrected chi connectivity index (χ1v) is 3.89. The lowest BCUT2D eigenvalue weighted by molar-refractivity contribution is 0.573. The second kappa shape index (κ2) is 3.60. The van der Waals surface area contributed by atoms with Crippen LogP contribution in [-0.4, -0.2) is 6.04 Å². The zero-order valence-corrected chi connectivity index (χ0v) is 7.70. The van der Waals surface area contributed by atoms with Crippen LogP contribution in [0.15, 0.2) is 12.1 Å². The summed E-state index contributed by atoms with van der Waals surface area (Å²) in [7, 11) is 0. The summed E-state index contributed by atoms with van der Waals surface area (Å²) >= 11 is 0. The van der Waals surface area contributed by atoms with Crippen molar-refractivity contribution in [2.24, 2.45) is 5.73 Å². The summed E-state index contributed by atoms with van der Waals surface area (Å²) in [6, 6.07) is 2.23. The van der Waals surface area contributed by atoms with Gasteiger partial charge < -0.3 is 5.73 Å². The maximum atomic E-state index is 13.0. The largest absolute Gasteiger partial charge is 0.327 e. The molecule has 4 heteroatoms. The summed E-state index contributed by atoms with van der Waals surface area (Å²) < 4.78 is 25.7. The van der Waals surface area contributed by atoms with E-state index in [2.05, 4.69) is 0 Å². The number of rotatable bonds is 0. The van der Waals surface area contributed by atoms with Crippen molar-refractivity contribution in [3.63, 3.8) is 0 Å². The van der Waals surface area contributed by atoms with Crippen LogP contribution in [0, 0.1) is 11.6 Å². The molecule has 2 N–H and O–H groups in total. The Hall–Kier alpha value is -0.670. The van der Waals surface area contributed by atoms with E-state index < -0.39 is 11.6 Å². The van der Waals surface area contributed by atoms with Gasteiger partial charge in [0, 0.05) is 12.1 Å². The number of halogens is 3. The molecule has 0 bridgehead atoms. The van der Waals surface area contributed by atoms with E-state index in [1.807, 2.05) is 0 Å². The second-order valence-electron chi connectivity index (χ2n) is 3.19. The Labute approximate surface area is 81.3 Å². The first-order chi connectivity index (χ1) is 5.66. The van der Waals surface area contributed by atoms with Crippen molar-refractivity contribution in [3.05, 3.63) is 34.9 Å². The molecular weight excluding hydrogens is 196 g/mol. The van der Waals surface area contributed by atoms with Gasteiger partial charge in [0.05, 0.1) is 0 Å². The van der Waals surface area contributed by atoms with Crippen molar-refractivity contribution in [1.29, 1.82) is 0 Å². The lowest BCUT2D eigenvalue weighted by Crippen LogP contribution is -2.19. The van der Waals surface area contributed by atoms with Gasteiger partial charge in [-0.15, -0.1) is 12.4 Å². The van der Waals surface area contributed by atoms with Crippen LogP contribution in [-0.2, 0) is 12.8 Å². The van der Waals surface area contributed by atoms with E-state index in [-0.39, 0.29) is 18.4 Å². The fourth-order valence-electron chi connectivity index (χ4n) is 1.68. The Kier molecular flexibility index (Phi) is 2.88. The van der Waals surface area contributed by atoms with Gasteiger partial charge in [-0.3, -0.25) is 0 Å². The normalized spacial score (nSPS) is 19.5. The second-order valence-corrected chi connectivity index (χ2v) is 3.19. The van der Waals surface area contributed by atoms with Crippen LogP contribution in [0.3, 0.4) is 0 Å². The Balaban J connectivity index is 0.000000845. The highest BCUT2D eigenvalue weighted by atomic mass is 35.5. The molecule has 0 saturated carbocycles. The molecule has 0 fully saturated rings. The predicted molar refractivity (Wildman–Crippen MR) is 49.0 cm³/mol. The highest BCUT2D eigenvalue weighted by Crippen LogP contribution is 2.24. The maximum absolute atomic E-state index is 13.0. The van der Waals surface area contributed by atoms with Crippen LogP contribution < -0.4 is 5.73 Å². The summed E-state index contributed by atoms with van der Waals surface area (Å²) in [5, 5.41) is 0. The van der Waals surface area contributed by atoms with E-state index in [0.29, 0.717) is 18.4 Å². The molecule has 0 amide bonds. The molecule has 1 unspecified atom stereocenters. The predicted octanol–water partition coefficient (Wildman–Crippen LogP) is 1.81. The molecule has 1 aliphatic carbocycles. The van der Waals surface area contributed by atoms with E-state index in [1.165, 1.54) is 6.07 Å². The molecule has 1 aliphatic rings. The van der Waals surface area contributed by atoms with Gasteiger partial charge in [0.15, 0.2) is 0 Å². The zero-order chi connectivity index (χ0) is 8.72. The minimum Gasteiger partial charge on any atom is -0.327 e. The topological polar surface area (TPSA) is 26.0 Å². The molecule has 0 aromatic heterocycles. The third-order valence-corrected chi connectivity index (χ3v) is 2.20. The third kappa shape index (κ3) is 1.81. The Morgan fingerprint density at radius 1 is 1.23 bits per heavy atom. The van der Waals surface area contributed by atoms with Crippen molar-refractivity contribution in [3.8, 4) is 0 Å². The molecule has 1 aromatic carbocycles. The van der Waals surface area contributed by atoms with E-state index in [4.69, 9.17) is 5.73 Å². The fourth-order valence-corrected chi connectivity index (χ4v) is 1.68. The summed E-state index contributed by atoms with van der Waals surface area (Å²) in [6.07, 6.45) is 1.12. The molecule has 0 aliphatic heterocycles. The number of hydrogen-bond donors (Lipinski definition) is 1. The Bertz CT molecular complexity index is 328. The maximum Gasteiger partial charge on any atom is 0.129 e. The van der Waals surface area contributed by atoms with Crippen molar-refractivity contribution < 1.29 is 8.78 Å². The van der Waals surface area contributed by atoms with Gasteiger partial charge in [-0.2, -0.15) is 0 Å². The first-order valence-electron chi connectivity index (χ1n) is 3.89. The lowest BCUT2D eigenvalue weighted by Gasteiger charge is -1.99. The third-order valence-electron chi connectivity index (χ3n) is 2.20. The SMILES string of the molecule is Cl.NC1Cc2cc(F)cc(F)c2C1. The highest BCUT2D eigenvalue weighted by Gasteiger charge is 2.22. The van der Waals surface area contributed by atoms with Gasteiger partial charge in [-0.1, -0.05) is 0 Å². The van der Waals surface area contributed by atoms with Gasteiger partial charge in [-0.05, 0) is 30.0 Å². The molecule has 1 aromatic rings. The van der Waals surface area contributed by atoms with E-state index in [0.717, 1.165) is 11.6 Å². The summed E-state index contributed by atoms with van der Waals surface area (Å²) in [6.45, 7) is 0. The minimum atomic E-state index is -0.514. The molecule has 2 rings (SSSR count). The Morgan fingerprint density at radius 3 is 2.62 bits per heavy atom. The fraction of sp³-hybridized carbons (Fsp3) is 0.333. The summed E-state index contributed by atoms with van der Waals surface area (Å²) in [4.78, 5) is 0. The Morgan fingerprint density at radius 2 is 1.92 bits per heavy atom. The molecule has 1 nitrogen and oxygen atoms in total. The summed E-state index contributed by atoms with van der Waals surface area (Å²) in [5.41, 5.74) is 6.92. The molecular formula is C9H10ClF2N. The highest BCUT2D eigenvalue weighted by molar-refractivity contribution is 5.85. The van der Waals surface area contributed by atoms with Crippen molar-refractivity contribution in [2.75, 3.05) is 0 Å². The van der Waals surface area contributed by atoms with Crippen LogP contribution in [0.1, 0.15) is 11.1 Å².